The summed E-state index contributed by atoms with van der Waals surface area (Å²) in [5.74, 6) is -0.163. The summed E-state index contributed by atoms with van der Waals surface area (Å²) in [6.07, 6.45) is 0.806. The van der Waals surface area contributed by atoms with Gasteiger partial charge in [-0.05, 0) is 25.5 Å². The normalized spacial score (nSPS) is 24.4. The molecule has 2 heterocycles. The lowest BCUT2D eigenvalue weighted by molar-refractivity contribution is -0.140. The monoisotopic (exact) mass is 342 g/mol. The average molecular weight is 342 g/mol. The highest BCUT2D eigenvalue weighted by atomic mass is 16.5. The summed E-state index contributed by atoms with van der Waals surface area (Å²) in [6, 6.07) is 12.6. The minimum Gasteiger partial charge on any atom is -0.366 e. The molecule has 2 aliphatic heterocycles. The van der Waals surface area contributed by atoms with Crippen LogP contribution in [0.4, 0.5) is 0 Å². The molecule has 1 amide bonds. The molecule has 3 rings (SSSR count). The predicted octanol–water partition coefficient (Wildman–Crippen LogP) is 0.992. The molecule has 2 saturated heterocycles. The molecule has 1 aromatic rings. The summed E-state index contributed by atoms with van der Waals surface area (Å²) >= 11 is 0. The molecule has 6 heteroatoms. The molecule has 134 valence electrons. The molecule has 0 radical (unpaired) electrons. The Bertz CT molecular complexity index is 620. The van der Waals surface area contributed by atoms with Crippen molar-refractivity contribution in [2.45, 2.75) is 31.0 Å². The van der Waals surface area contributed by atoms with Crippen LogP contribution >= 0.6 is 0 Å². The third-order valence-electron chi connectivity index (χ3n) is 5.11. The second-order valence-electron chi connectivity index (χ2n) is 7.07. The molecular formula is C19H26N4O2. The molecule has 0 spiro atoms. The Hall–Kier alpha value is -1.94. The zero-order valence-corrected chi connectivity index (χ0v) is 14.8. The van der Waals surface area contributed by atoms with Crippen molar-refractivity contribution in [1.82, 2.24) is 15.1 Å². The minimum absolute atomic E-state index is 0.163. The van der Waals surface area contributed by atoms with Crippen LogP contribution in [0.5, 0.6) is 0 Å². The number of carbonyl (C=O) groups is 1. The molecule has 25 heavy (non-hydrogen) atoms. The minimum atomic E-state index is -0.755. The Morgan fingerprint density at radius 3 is 2.72 bits per heavy atom. The molecule has 0 aliphatic carbocycles. The molecule has 1 N–H and O–H groups in total. The SMILES string of the molecule is CN1CCC(C#N)(NC(=O)[C@H]2CN(Cc3ccccc3)CCO2)CC1. The first-order valence-electron chi connectivity index (χ1n) is 8.90. The van der Waals surface area contributed by atoms with E-state index in [0.717, 1.165) is 26.2 Å². The van der Waals surface area contributed by atoms with E-state index in [1.54, 1.807) is 0 Å². The van der Waals surface area contributed by atoms with Gasteiger partial charge in [0, 0.05) is 32.7 Å². The van der Waals surface area contributed by atoms with Crippen LogP contribution in [0, 0.1) is 11.3 Å². The maximum atomic E-state index is 12.7. The van der Waals surface area contributed by atoms with E-state index in [4.69, 9.17) is 4.74 Å². The van der Waals surface area contributed by atoms with E-state index in [1.807, 2.05) is 25.2 Å². The van der Waals surface area contributed by atoms with E-state index in [0.29, 0.717) is 26.0 Å². The first kappa shape index (κ1) is 17.9. The van der Waals surface area contributed by atoms with Crippen LogP contribution in [0.15, 0.2) is 30.3 Å². The second-order valence-corrected chi connectivity index (χ2v) is 7.07. The fourth-order valence-electron chi connectivity index (χ4n) is 3.43. The van der Waals surface area contributed by atoms with Crippen LogP contribution in [0.2, 0.25) is 0 Å². The molecule has 1 aromatic carbocycles. The number of hydrogen-bond donors (Lipinski definition) is 1. The summed E-state index contributed by atoms with van der Waals surface area (Å²) in [7, 11) is 2.04. The van der Waals surface area contributed by atoms with Crippen LogP contribution < -0.4 is 5.32 Å². The number of nitrogens with zero attached hydrogens (tertiary/aromatic N) is 3. The lowest BCUT2D eigenvalue weighted by Crippen LogP contribution is -2.58. The van der Waals surface area contributed by atoms with Gasteiger partial charge in [0.25, 0.3) is 5.91 Å². The summed E-state index contributed by atoms with van der Waals surface area (Å²) < 4.78 is 5.69. The number of benzene rings is 1. The fraction of sp³-hybridized carbons (Fsp3) is 0.579. The van der Waals surface area contributed by atoms with Crippen molar-refractivity contribution < 1.29 is 9.53 Å². The van der Waals surface area contributed by atoms with Gasteiger partial charge in [0.1, 0.15) is 11.6 Å². The van der Waals surface area contributed by atoms with Crippen molar-refractivity contribution in [2.75, 3.05) is 39.8 Å². The van der Waals surface area contributed by atoms with Crippen molar-refractivity contribution >= 4 is 5.91 Å². The number of rotatable bonds is 4. The van der Waals surface area contributed by atoms with E-state index in [9.17, 15) is 10.1 Å². The van der Waals surface area contributed by atoms with Gasteiger partial charge in [0.15, 0.2) is 0 Å². The average Bonchev–Trinajstić information content (AvgIpc) is 2.65. The number of ether oxygens (including phenoxy) is 1. The number of morpholine rings is 1. The van der Waals surface area contributed by atoms with Gasteiger partial charge in [-0.1, -0.05) is 30.3 Å². The van der Waals surface area contributed by atoms with Crippen LogP contribution in [-0.4, -0.2) is 67.2 Å². The standard InChI is InChI=1S/C19H26N4O2/c1-22-9-7-19(15-20,8-10-22)21-18(24)17-14-23(11-12-25-17)13-16-5-3-2-4-6-16/h2-6,17H,7-14H2,1H3,(H,21,24)/t17-/m1/s1. The van der Waals surface area contributed by atoms with E-state index >= 15 is 0 Å². The molecular weight excluding hydrogens is 316 g/mol. The number of nitriles is 1. The Morgan fingerprint density at radius 1 is 1.32 bits per heavy atom. The van der Waals surface area contributed by atoms with E-state index in [1.165, 1.54) is 5.56 Å². The predicted molar refractivity (Wildman–Crippen MR) is 94.7 cm³/mol. The Balaban J connectivity index is 1.57. The van der Waals surface area contributed by atoms with Crippen molar-refractivity contribution in [1.29, 1.82) is 5.26 Å². The van der Waals surface area contributed by atoms with Crippen LogP contribution in [0.3, 0.4) is 0 Å². The summed E-state index contributed by atoms with van der Waals surface area (Å²) in [4.78, 5) is 17.1. The first-order valence-corrected chi connectivity index (χ1v) is 8.90. The Kier molecular flexibility index (Phi) is 5.69. The summed E-state index contributed by atoms with van der Waals surface area (Å²) in [6.45, 7) is 4.35. The zero-order chi connectivity index (χ0) is 17.7. The van der Waals surface area contributed by atoms with Gasteiger partial charge in [0.05, 0.1) is 12.7 Å². The number of nitrogens with one attached hydrogen (secondary N) is 1. The molecule has 0 aromatic heterocycles. The largest absolute Gasteiger partial charge is 0.366 e. The first-order chi connectivity index (χ1) is 12.1. The van der Waals surface area contributed by atoms with Crippen molar-refractivity contribution in [3.8, 4) is 6.07 Å². The van der Waals surface area contributed by atoms with Gasteiger partial charge in [-0.3, -0.25) is 9.69 Å². The number of amides is 1. The Morgan fingerprint density at radius 2 is 2.04 bits per heavy atom. The Labute approximate surface area is 149 Å². The van der Waals surface area contributed by atoms with E-state index in [2.05, 4.69) is 33.3 Å². The fourth-order valence-corrected chi connectivity index (χ4v) is 3.43. The molecule has 0 unspecified atom stereocenters. The van der Waals surface area contributed by atoms with Gasteiger partial charge < -0.3 is 15.0 Å². The van der Waals surface area contributed by atoms with Gasteiger partial charge in [-0.15, -0.1) is 0 Å². The summed E-state index contributed by atoms with van der Waals surface area (Å²) in [5.41, 5.74) is 0.474. The molecule has 6 nitrogen and oxygen atoms in total. The topological polar surface area (TPSA) is 68.6 Å². The lowest BCUT2D eigenvalue weighted by atomic mass is 9.89. The highest BCUT2D eigenvalue weighted by molar-refractivity contribution is 5.82. The number of piperidine rings is 1. The van der Waals surface area contributed by atoms with Crippen molar-refractivity contribution in [3.05, 3.63) is 35.9 Å². The second kappa shape index (κ2) is 7.96. The zero-order valence-electron chi connectivity index (χ0n) is 14.8. The number of carbonyl (C=O) groups excluding carboxylic acids is 1. The highest BCUT2D eigenvalue weighted by Gasteiger charge is 2.38. The van der Waals surface area contributed by atoms with Gasteiger partial charge >= 0.3 is 0 Å². The van der Waals surface area contributed by atoms with E-state index in [-0.39, 0.29) is 5.91 Å². The lowest BCUT2D eigenvalue weighted by Gasteiger charge is -2.38. The smallest absolute Gasteiger partial charge is 0.251 e. The van der Waals surface area contributed by atoms with Gasteiger partial charge in [-0.2, -0.15) is 5.26 Å². The molecule has 0 saturated carbocycles. The van der Waals surface area contributed by atoms with Crippen LogP contribution in [-0.2, 0) is 16.1 Å². The maximum Gasteiger partial charge on any atom is 0.251 e. The van der Waals surface area contributed by atoms with Gasteiger partial charge in [-0.25, -0.2) is 0 Å². The van der Waals surface area contributed by atoms with Crippen LogP contribution in [0.25, 0.3) is 0 Å². The third kappa shape index (κ3) is 4.57. The quantitative estimate of drug-likeness (QED) is 0.884. The van der Waals surface area contributed by atoms with E-state index < -0.39 is 11.6 Å². The molecule has 2 fully saturated rings. The van der Waals surface area contributed by atoms with Crippen molar-refractivity contribution in [3.63, 3.8) is 0 Å². The number of hydrogen-bond acceptors (Lipinski definition) is 5. The van der Waals surface area contributed by atoms with Gasteiger partial charge in [0.2, 0.25) is 0 Å². The highest BCUT2D eigenvalue weighted by Crippen LogP contribution is 2.21. The molecule has 2 aliphatic rings. The summed E-state index contributed by atoms with van der Waals surface area (Å²) in [5, 5.41) is 12.6. The third-order valence-corrected chi connectivity index (χ3v) is 5.11. The maximum absolute atomic E-state index is 12.7. The molecule has 0 bridgehead atoms. The van der Waals surface area contributed by atoms with Crippen LogP contribution in [0.1, 0.15) is 18.4 Å². The molecule has 1 atom stereocenters. The number of likely N-dealkylation sites (tertiary alicyclic amines) is 1. The van der Waals surface area contributed by atoms with Crippen molar-refractivity contribution in [2.24, 2.45) is 0 Å².